The minimum atomic E-state index is 1.11. The molecule has 0 spiro atoms. The van der Waals surface area contributed by atoms with Crippen molar-refractivity contribution in [2.75, 3.05) is 19.0 Å². The van der Waals surface area contributed by atoms with Crippen LogP contribution in [-0.2, 0) is 12.8 Å². The molecule has 0 saturated carbocycles. The average molecular weight is 339 g/mol. The van der Waals surface area contributed by atoms with Gasteiger partial charge in [-0.2, -0.15) is 0 Å². The smallest absolute Gasteiger partial charge is 0.0363 e. The summed E-state index contributed by atoms with van der Waals surface area (Å²) >= 11 is 0. The topological polar surface area (TPSA) is 3.24 Å². The number of nitrogens with zero attached hydrogens (tertiary/aromatic N) is 1. The molecule has 4 aromatic carbocycles. The molecule has 0 aliphatic carbocycles. The first-order chi connectivity index (χ1) is 12.7. The van der Waals surface area contributed by atoms with E-state index < -0.39 is 0 Å². The van der Waals surface area contributed by atoms with Crippen molar-refractivity contribution >= 4 is 27.2 Å². The highest BCUT2D eigenvalue weighted by atomic mass is 15.1. The molecule has 0 atom stereocenters. The highest BCUT2D eigenvalue weighted by Crippen LogP contribution is 2.29. The van der Waals surface area contributed by atoms with Gasteiger partial charge < -0.3 is 4.90 Å². The number of fused-ring (bicyclic) bond motifs is 2. The number of hydrogen-bond donors (Lipinski definition) is 0. The summed E-state index contributed by atoms with van der Waals surface area (Å²) in [7, 11) is 4.20. The van der Waals surface area contributed by atoms with E-state index in [1.165, 1.54) is 38.4 Å². The first-order valence-electron chi connectivity index (χ1n) is 9.38. The van der Waals surface area contributed by atoms with Crippen LogP contribution in [0.3, 0.4) is 0 Å². The Morgan fingerprint density at radius 2 is 1.31 bits per heavy atom. The third kappa shape index (κ3) is 3.30. The monoisotopic (exact) mass is 339 g/mol. The fourth-order valence-electron chi connectivity index (χ4n) is 3.84. The Bertz CT molecular complexity index is 992. The van der Waals surface area contributed by atoms with Gasteiger partial charge in [-0.15, -0.1) is 0 Å². The number of anilines is 1. The number of aryl methyl sites for hydroxylation is 2. The van der Waals surface area contributed by atoms with Gasteiger partial charge in [0.2, 0.25) is 0 Å². The van der Waals surface area contributed by atoms with Gasteiger partial charge in [0, 0.05) is 19.8 Å². The summed E-state index contributed by atoms with van der Waals surface area (Å²) in [6.07, 6.45) is 3.38. The molecule has 130 valence electrons. The fraction of sp³-hybridized carbons (Fsp3) is 0.200. The third-order valence-corrected chi connectivity index (χ3v) is 5.20. The molecule has 0 N–H and O–H groups in total. The van der Waals surface area contributed by atoms with Crippen molar-refractivity contribution in [3.05, 3.63) is 90.0 Å². The Morgan fingerprint density at radius 3 is 1.96 bits per heavy atom. The maximum absolute atomic E-state index is 2.31. The van der Waals surface area contributed by atoms with Crippen LogP contribution in [0.2, 0.25) is 0 Å². The molecule has 0 saturated heterocycles. The van der Waals surface area contributed by atoms with E-state index in [4.69, 9.17) is 0 Å². The van der Waals surface area contributed by atoms with Crippen molar-refractivity contribution in [3.8, 4) is 0 Å². The van der Waals surface area contributed by atoms with Crippen LogP contribution in [0.25, 0.3) is 21.5 Å². The van der Waals surface area contributed by atoms with Crippen LogP contribution >= 0.6 is 0 Å². The molecule has 4 rings (SSSR count). The molecule has 0 heterocycles. The van der Waals surface area contributed by atoms with Crippen molar-refractivity contribution in [2.24, 2.45) is 0 Å². The van der Waals surface area contributed by atoms with E-state index in [9.17, 15) is 0 Å². The maximum Gasteiger partial charge on any atom is 0.0363 e. The molecule has 1 nitrogen and oxygen atoms in total. The number of benzene rings is 4. The summed E-state index contributed by atoms with van der Waals surface area (Å²) in [4.78, 5) is 2.17. The van der Waals surface area contributed by atoms with Crippen LogP contribution in [0, 0.1) is 0 Å². The van der Waals surface area contributed by atoms with Crippen molar-refractivity contribution < 1.29 is 0 Å². The summed E-state index contributed by atoms with van der Waals surface area (Å²) < 4.78 is 0. The van der Waals surface area contributed by atoms with Gasteiger partial charge in [-0.3, -0.25) is 0 Å². The SMILES string of the molecule is CN(C)c1cccc(CCCc2c3ccccc3cc3ccccc23)c1. The largest absolute Gasteiger partial charge is 0.378 e. The molecular formula is C25H25N. The number of rotatable bonds is 5. The molecule has 0 bridgehead atoms. The Hall–Kier alpha value is -2.80. The van der Waals surface area contributed by atoms with Crippen molar-refractivity contribution in [3.63, 3.8) is 0 Å². The van der Waals surface area contributed by atoms with Crippen molar-refractivity contribution in [1.82, 2.24) is 0 Å². The third-order valence-electron chi connectivity index (χ3n) is 5.20. The zero-order valence-corrected chi connectivity index (χ0v) is 15.6. The van der Waals surface area contributed by atoms with Crippen LogP contribution in [0.5, 0.6) is 0 Å². The zero-order chi connectivity index (χ0) is 17.9. The Kier molecular flexibility index (Phi) is 4.62. The zero-order valence-electron chi connectivity index (χ0n) is 15.6. The molecule has 26 heavy (non-hydrogen) atoms. The van der Waals surface area contributed by atoms with E-state index >= 15 is 0 Å². The van der Waals surface area contributed by atoms with Gasteiger partial charge in [0.25, 0.3) is 0 Å². The lowest BCUT2D eigenvalue weighted by Gasteiger charge is -2.14. The van der Waals surface area contributed by atoms with Crippen LogP contribution in [0.15, 0.2) is 78.9 Å². The van der Waals surface area contributed by atoms with Gasteiger partial charge in [0.1, 0.15) is 0 Å². The Labute approximate surface area is 155 Å². The van der Waals surface area contributed by atoms with Crippen LogP contribution in [0.1, 0.15) is 17.5 Å². The molecule has 1 heteroatoms. The summed E-state index contributed by atoms with van der Waals surface area (Å²) in [5.41, 5.74) is 4.18. The average Bonchev–Trinajstić information content (AvgIpc) is 2.67. The van der Waals surface area contributed by atoms with Crippen molar-refractivity contribution in [2.45, 2.75) is 19.3 Å². The molecule has 0 aliphatic rings. The standard InChI is InChI=1S/C25H25N/c1-26(2)22-13-7-9-19(17-22)10-8-16-25-23-14-5-3-11-20(23)18-21-12-4-6-15-24(21)25/h3-7,9,11-15,17-18H,8,10,16H2,1-2H3. The lowest BCUT2D eigenvalue weighted by molar-refractivity contribution is 0.828. The highest BCUT2D eigenvalue weighted by molar-refractivity contribution is 6.02. The molecule has 0 fully saturated rings. The van der Waals surface area contributed by atoms with Crippen LogP contribution < -0.4 is 4.90 Å². The van der Waals surface area contributed by atoms with Gasteiger partial charge in [-0.25, -0.2) is 0 Å². The molecule has 0 radical (unpaired) electrons. The van der Waals surface area contributed by atoms with Crippen molar-refractivity contribution in [1.29, 1.82) is 0 Å². The van der Waals surface area contributed by atoms with Gasteiger partial charge in [0.05, 0.1) is 0 Å². The maximum atomic E-state index is 2.31. The predicted octanol–water partition coefficient (Wildman–Crippen LogP) is 6.23. The first-order valence-corrected chi connectivity index (χ1v) is 9.38. The van der Waals surface area contributed by atoms with Crippen LogP contribution in [-0.4, -0.2) is 14.1 Å². The van der Waals surface area contributed by atoms with E-state index in [1.807, 2.05) is 0 Å². The number of hydrogen-bond acceptors (Lipinski definition) is 1. The van der Waals surface area contributed by atoms with Gasteiger partial charge in [-0.05, 0) is 70.1 Å². The van der Waals surface area contributed by atoms with E-state index in [2.05, 4.69) is 97.9 Å². The second-order valence-electron chi connectivity index (χ2n) is 7.22. The Morgan fingerprint density at radius 1 is 0.654 bits per heavy atom. The minimum Gasteiger partial charge on any atom is -0.378 e. The molecule has 0 aromatic heterocycles. The molecule has 4 aromatic rings. The summed E-state index contributed by atoms with van der Waals surface area (Å²) in [6, 6.07) is 28.8. The quantitative estimate of drug-likeness (QED) is 0.389. The summed E-state index contributed by atoms with van der Waals surface area (Å²) in [5.74, 6) is 0. The lowest BCUT2D eigenvalue weighted by atomic mass is 9.93. The summed E-state index contributed by atoms with van der Waals surface area (Å²) in [6.45, 7) is 0. The second kappa shape index (κ2) is 7.21. The summed E-state index contributed by atoms with van der Waals surface area (Å²) in [5, 5.41) is 5.48. The molecule has 0 unspecified atom stereocenters. The van der Waals surface area contributed by atoms with Gasteiger partial charge in [0.15, 0.2) is 0 Å². The first kappa shape index (κ1) is 16.7. The molecular weight excluding hydrogens is 314 g/mol. The van der Waals surface area contributed by atoms with Crippen LogP contribution in [0.4, 0.5) is 5.69 Å². The Balaban J connectivity index is 1.63. The highest BCUT2D eigenvalue weighted by Gasteiger charge is 2.07. The fourth-order valence-corrected chi connectivity index (χ4v) is 3.84. The van der Waals surface area contributed by atoms with E-state index in [0.717, 1.165) is 19.3 Å². The van der Waals surface area contributed by atoms with Gasteiger partial charge >= 0.3 is 0 Å². The predicted molar refractivity (Wildman–Crippen MR) is 114 cm³/mol. The molecule has 0 amide bonds. The van der Waals surface area contributed by atoms with Gasteiger partial charge in [-0.1, -0.05) is 60.7 Å². The second-order valence-corrected chi connectivity index (χ2v) is 7.22. The normalized spacial score (nSPS) is 11.2. The lowest BCUT2D eigenvalue weighted by Crippen LogP contribution is -2.08. The van der Waals surface area contributed by atoms with E-state index in [-0.39, 0.29) is 0 Å². The van der Waals surface area contributed by atoms with E-state index in [0.29, 0.717) is 0 Å². The minimum absolute atomic E-state index is 1.11. The van der Waals surface area contributed by atoms with E-state index in [1.54, 1.807) is 0 Å². The molecule has 0 aliphatic heterocycles.